The van der Waals surface area contributed by atoms with E-state index in [1.165, 1.54) is 6.07 Å². The number of carboxylic acid groups (broad SMARTS) is 1. The molecule has 0 spiro atoms. The number of hydrogen-bond acceptors (Lipinski definition) is 3. The van der Waals surface area contributed by atoms with E-state index in [2.05, 4.69) is 21.2 Å². The van der Waals surface area contributed by atoms with Gasteiger partial charge in [-0.2, -0.15) is 0 Å². The van der Waals surface area contributed by atoms with Crippen LogP contribution >= 0.6 is 15.9 Å². The smallest absolute Gasteiger partial charge is 0.337 e. The molecular formula is C14H17BrN2O3. The molecule has 1 amide bonds. The predicted molar refractivity (Wildman–Crippen MR) is 79.6 cm³/mol. The molecule has 2 rings (SSSR count). The zero-order valence-corrected chi connectivity index (χ0v) is 12.5. The molecule has 1 aromatic carbocycles. The molecule has 108 valence electrons. The summed E-state index contributed by atoms with van der Waals surface area (Å²) in [5.74, 6) is -1.13. The number of rotatable bonds is 4. The number of halogens is 1. The van der Waals surface area contributed by atoms with Gasteiger partial charge >= 0.3 is 5.97 Å². The monoisotopic (exact) mass is 340 g/mol. The molecular weight excluding hydrogens is 324 g/mol. The van der Waals surface area contributed by atoms with Crippen molar-refractivity contribution in [3.05, 3.63) is 28.2 Å². The topological polar surface area (TPSA) is 92.4 Å². The van der Waals surface area contributed by atoms with Crippen LogP contribution in [0.3, 0.4) is 0 Å². The van der Waals surface area contributed by atoms with Crippen LogP contribution in [0.5, 0.6) is 0 Å². The fourth-order valence-corrected chi connectivity index (χ4v) is 3.05. The summed E-state index contributed by atoms with van der Waals surface area (Å²) in [4.78, 5) is 23.5. The molecule has 2 atom stereocenters. The average molecular weight is 341 g/mol. The molecule has 20 heavy (non-hydrogen) atoms. The summed E-state index contributed by atoms with van der Waals surface area (Å²) in [6.07, 6.45) is 2.76. The zero-order valence-electron chi connectivity index (χ0n) is 10.9. The lowest BCUT2D eigenvalue weighted by molar-refractivity contribution is -0.120. The van der Waals surface area contributed by atoms with Crippen LogP contribution in [0.25, 0.3) is 0 Å². The molecule has 1 aliphatic rings. The average Bonchev–Trinajstić information content (AvgIpc) is 2.89. The molecule has 1 saturated carbocycles. The number of aromatic carboxylic acids is 1. The van der Waals surface area contributed by atoms with Crippen LogP contribution in [-0.4, -0.2) is 23.5 Å². The Labute approximate surface area is 125 Å². The molecule has 4 N–H and O–H groups in total. The minimum atomic E-state index is -1.07. The maximum atomic E-state index is 12.3. The van der Waals surface area contributed by atoms with Crippen molar-refractivity contribution in [2.24, 2.45) is 17.6 Å². The number of carbonyl (C=O) groups excluding carboxylic acids is 1. The molecule has 0 bridgehead atoms. The fourth-order valence-electron chi connectivity index (χ4n) is 2.69. The normalized spacial score (nSPS) is 21.7. The number of nitrogens with two attached hydrogens (primary N) is 1. The predicted octanol–water partition coefficient (Wildman–Crippen LogP) is 2.46. The standard InChI is InChI=1S/C14H17BrN2O3/c15-9-4-5-12(11(6-9)14(19)20)17-13(18)10-3-1-2-8(10)7-16/h4-6,8,10H,1-3,7,16H2,(H,17,18)(H,19,20). The minimum absolute atomic E-state index is 0.0787. The van der Waals surface area contributed by atoms with E-state index >= 15 is 0 Å². The summed E-state index contributed by atoms with van der Waals surface area (Å²) in [5, 5.41) is 11.9. The molecule has 6 heteroatoms. The maximum absolute atomic E-state index is 12.3. The number of nitrogens with one attached hydrogen (secondary N) is 1. The quantitative estimate of drug-likeness (QED) is 0.784. The SMILES string of the molecule is NCC1CCCC1C(=O)Nc1ccc(Br)cc1C(=O)O. The Morgan fingerprint density at radius 2 is 2.15 bits per heavy atom. The molecule has 0 saturated heterocycles. The van der Waals surface area contributed by atoms with Gasteiger partial charge in [-0.1, -0.05) is 22.4 Å². The van der Waals surface area contributed by atoms with Crippen molar-refractivity contribution < 1.29 is 14.7 Å². The van der Waals surface area contributed by atoms with E-state index in [0.29, 0.717) is 16.7 Å². The molecule has 1 aliphatic carbocycles. The Bertz CT molecular complexity index is 533. The molecule has 0 heterocycles. The Morgan fingerprint density at radius 1 is 1.40 bits per heavy atom. The fraction of sp³-hybridized carbons (Fsp3) is 0.429. The van der Waals surface area contributed by atoms with Gasteiger partial charge in [-0.3, -0.25) is 4.79 Å². The highest BCUT2D eigenvalue weighted by Gasteiger charge is 2.32. The number of hydrogen-bond donors (Lipinski definition) is 3. The highest BCUT2D eigenvalue weighted by atomic mass is 79.9. The van der Waals surface area contributed by atoms with E-state index < -0.39 is 5.97 Å². The first-order chi connectivity index (χ1) is 9.52. The summed E-state index contributed by atoms with van der Waals surface area (Å²) < 4.78 is 0.661. The van der Waals surface area contributed by atoms with Gasteiger partial charge in [0.15, 0.2) is 0 Å². The van der Waals surface area contributed by atoms with Crippen molar-refractivity contribution in [1.29, 1.82) is 0 Å². The van der Waals surface area contributed by atoms with Crippen molar-refractivity contribution in [1.82, 2.24) is 0 Å². The second-order valence-electron chi connectivity index (χ2n) is 5.02. The van der Waals surface area contributed by atoms with Crippen LogP contribution in [0.15, 0.2) is 22.7 Å². The maximum Gasteiger partial charge on any atom is 0.337 e. The van der Waals surface area contributed by atoms with Gasteiger partial charge in [-0.25, -0.2) is 4.79 Å². The number of carbonyl (C=O) groups is 2. The van der Waals surface area contributed by atoms with E-state index in [4.69, 9.17) is 5.73 Å². The molecule has 0 aromatic heterocycles. The number of benzene rings is 1. The summed E-state index contributed by atoms with van der Waals surface area (Å²) in [7, 11) is 0. The van der Waals surface area contributed by atoms with E-state index in [9.17, 15) is 14.7 Å². The summed E-state index contributed by atoms with van der Waals surface area (Å²) in [6, 6.07) is 4.78. The Balaban J connectivity index is 2.17. The summed E-state index contributed by atoms with van der Waals surface area (Å²) in [5.41, 5.74) is 6.08. The van der Waals surface area contributed by atoms with Gasteiger partial charge < -0.3 is 16.2 Å². The molecule has 5 nitrogen and oxygen atoms in total. The first kappa shape index (κ1) is 15.0. The molecule has 1 aromatic rings. The van der Waals surface area contributed by atoms with Gasteiger partial charge in [0.2, 0.25) is 5.91 Å². The van der Waals surface area contributed by atoms with Crippen molar-refractivity contribution >= 4 is 33.5 Å². The van der Waals surface area contributed by atoms with Crippen molar-refractivity contribution in [3.8, 4) is 0 Å². The molecule has 1 fully saturated rings. The van der Waals surface area contributed by atoms with E-state index in [0.717, 1.165) is 19.3 Å². The minimum Gasteiger partial charge on any atom is -0.478 e. The van der Waals surface area contributed by atoms with Crippen LogP contribution in [0.1, 0.15) is 29.6 Å². The largest absolute Gasteiger partial charge is 0.478 e. The molecule has 0 radical (unpaired) electrons. The highest BCUT2D eigenvalue weighted by Crippen LogP contribution is 2.32. The van der Waals surface area contributed by atoms with Gasteiger partial charge in [-0.15, -0.1) is 0 Å². The third kappa shape index (κ3) is 3.19. The molecule has 2 unspecified atom stereocenters. The van der Waals surface area contributed by atoms with Crippen LogP contribution < -0.4 is 11.1 Å². The lowest BCUT2D eigenvalue weighted by Crippen LogP contribution is -2.30. The first-order valence-corrected chi connectivity index (χ1v) is 7.36. The highest BCUT2D eigenvalue weighted by molar-refractivity contribution is 9.10. The summed E-state index contributed by atoms with van der Waals surface area (Å²) in [6.45, 7) is 0.490. The van der Waals surface area contributed by atoms with Crippen LogP contribution in [0.2, 0.25) is 0 Å². The van der Waals surface area contributed by atoms with Gasteiger partial charge in [0.05, 0.1) is 11.3 Å². The van der Waals surface area contributed by atoms with Gasteiger partial charge in [0, 0.05) is 10.4 Å². The molecule has 0 aliphatic heterocycles. The second-order valence-corrected chi connectivity index (χ2v) is 5.93. The third-order valence-corrected chi connectivity index (χ3v) is 4.26. The third-order valence-electron chi connectivity index (χ3n) is 3.77. The van der Waals surface area contributed by atoms with Gasteiger partial charge in [0.1, 0.15) is 0 Å². The second kappa shape index (κ2) is 6.37. The lowest BCUT2D eigenvalue weighted by Gasteiger charge is -2.18. The Hall–Kier alpha value is -1.40. The van der Waals surface area contributed by atoms with Crippen LogP contribution in [-0.2, 0) is 4.79 Å². The van der Waals surface area contributed by atoms with Crippen molar-refractivity contribution in [3.63, 3.8) is 0 Å². The Morgan fingerprint density at radius 3 is 2.80 bits per heavy atom. The Kier molecular flexibility index (Phi) is 4.77. The van der Waals surface area contributed by atoms with E-state index in [1.54, 1.807) is 12.1 Å². The lowest BCUT2D eigenvalue weighted by atomic mass is 9.95. The van der Waals surface area contributed by atoms with Crippen LogP contribution in [0, 0.1) is 11.8 Å². The van der Waals surface area contributed by atoms with E-state index in [-0.39, 0.29) is 23.3 Å². The first-order valence-electron chi connectivity index (χ1n) is 6.56. The zero-order chi connectivity index (χ0) is 14.7. The number of carboxylic acids is 1. The van der Waals surface area contributed by atoms with Crippen LogP contribution in [0.4, 0.5) is 5.69 Å². The summed E-state index contributed by atoms with van der Waals surface area (Å²) >= 11 is 3.23. The van der Waals surface area contributed by atoms with Gasteiger partial charge in [-0.05, 0) is 43.5 Å². The number of amides is 1. The number of anilines is 1. The van der Waals surface area contributed by atoms with Crippen molar-refractivity contribution in [2.45, 2.75) is 19.3 Å². The van der Waals surface area contributed by atoms with Crippen molar-refractivity contribution in [2.75, 3.05) is 11.9 Å². The van der Waals surface area contributed by atoms with E-state index in [1.807, 2.05) is 0 Å². The van der Waals surface area contributed by atoms with Gasteiger partial charge in [0.25, 0.3) is 0 Å².